The lowest BCUT2D eigenvalue weighted by Gasteiger charge is -2.20. The summed E-state index contributed by atoms with van der Waals surface area (Å²) in [6, 6.07) is 7.68. The van der Waals surface area contributed by atoms with Crippen LogP contribution in [0.5, 0.6) is 5.75 Å². The van der Waals surface area contributed by atoms with Crippen LogP contribution in [0.3, 0.4) is 0 Å². The van der Waals surface area contributed by atoms with Crippen molar-refractivity contribution in [1.29, 1.82) is 0 Å². The molecule has 2 rings (SSSR count). The number of ether oxygens (including phenoxy) is 3. The van der Waals surface area contributed by atoms with Gasteiger partial charge in [-0.2, -0.15) is 0 Å². The van der Waals surface area contributed by atoms with E-state index in [0.717, 1.165) is 11.3 Å². The molecule has 0 radical (unpaired) electrons. The topological polar surface area (TPSA) is 47.9 Å². The summed E-state index contributed by atoms with van der Waals surface area (Å²) < 4.78 is 16.4. The first-order chi connectivity index (χ1) is 9.24. The molecule has 19 heavy (non-hydrogen) atoms. The highest BCUT2D eigenvalue weighted by atomic mass is 16.6. The lowest BCUT2D eigenvalue weighted by Crippen LogP contribution is -2.32. The van der Waals surface area contributed by atoms with Crippen molar-refractivity contribution >= 4 is 0 Å². The van der Waals surface area contributed by atoms with Crippen molar-refractivity contribution in [3.63, 3.8) is 0 Å². The zero-order valence-corrected chi connectivity index (χ0v) is 11.1. The number of hydrogen-bond acceptors (Lipinski definition) is 4. The van der Waals surface area contributed by atoms with Crippen LogP contribution >= 0.6 is 0 Å². The summed E-state index contributed by atoms with van der Waals surface area (Å²) in [7, 11) is 1.64. The van der Waals surface area contributed by atoms with Crippen LogP contribution in [0.25, 0.3) is 0 Å². The summed E-state index contributed by atoms with van der Waals surface area (Å²) in [5.74, 6) is 0.817. The molecule has 1 aliphatic heterocycles. The van der Waals surface area contributed by atoms with Crippen molar-refractivity contribution in [2.24, 2.45) is 0 Å². The molecule has 1 aromatic carbocycles. The minimum absolute atomic E-state index is 0.106. The Kier molecular flexibility index (Phi) is 4.96. The molecule has 1 heterocycles. The SMILES string of the molecule is C=CC[C@@H]1OC[C@@H](O)[C@@H]1OCc1ccc(OC)cc1. The second-order valence-corrected chi connectivity index (χ2v) is 4.59. The predicted molar refractivity (Wildman–Crippen MR) is 72.1 cm³/mol. The zero-order valence-electron chi connectivity index (χ0n) is 11.1. The van der Waals surface area contributed by atoms with Crippen LogP contribution in [0, 0.1) is 0 Å². The quantitative estimate of drug-likeness (QED) is 0.797. The Bertz CT molecular complexity index is 401. The van der Waals surface area contributed by atoms with Crippen LogP contribution in [0.15, 0.2) is 36.9 Å². The first-order valence-electron chi connectivity index (χ1n) is 6.39. The molecular weight excluding hydrogens is 244 g/mol. The summed E-state index contributed by atoms with van der Waals surface area (Å²) in [6.07, 6.45) is 1.51. The number of aliphatic hydroxyl groups is 1. The lowest BCUT2D eigenvalue weighted by molar-refractivity contribution is -0.0450. The maximum Gasteiger partial charge on any atom is 0.118 e. The van der Waals surface area contributed by atoms with Crippen LogP contribution in [-0.4, -0.2) is 37.1 Å². The first-order valence-corrected chi connectivity index (χ1v) is 6.39. The van der Waals surface area contributed by atoms with E-state index in [1.54, 1.807) is 13.2 Å². The van der Waals surface area contributed by atoms with E-state index in [0.29, 0.717) is 19.6 Å². The van der Waals surface area contributed by atoms with Gasteiger partial charge >= 0.3 is 0 Å². The molecule has 4 heteroatoms. The average Bonchev–Trinajstić information content (AvgIpc) is 2.78. The summed E-state index contributed by atoms with van der Waals surface area (Å²) in [6.45, 7) is 4.46. The molecule has 0 spiro atoms. The van der Waals surface area contributed by atoms with Crippen LogP contribution < -0.4 is 4.74 Å². The van der Waals surface area contributed by atoms with Crippen molar-refractivity contribution in [2.75, 3.05) is 13.7 Å². The molecule has 3 atom stereocenters. The highest BCUT2D eigenvalue weighted by Crippen LogP contribution is 2.22. The third kappa shape index (κ3) is 3.56. The monoisotopic (exact) mass is 264 g/mol. The van der Waals surface area contributed by atoms with Gasteiger partial charge in [-0.25, -0.2) is 0 Å². The molecule has 0 amide bonds. The molecule has 0 aromatic heterocycles. The van der Waals surface area contributed by atoms with Gasteiger partial charge < -0.3 is 19.3 Å². The van der Waals surface area contributed by atoms with E-state index in [1.807, 2.05) is 24.3 Å². The minimum Gasteiger partial charge on any atom is -0.497 e. The maximum atomic E-state index is 9.84. The molecule has 104 valence electrons. The third-order valence-electron chi connectivity index (χ3n) is 3.23. The highest BCUT2D eigenvalue weighted by Gasteiger charge is 2.36. The Morgan fingerprint density at radius 1 is 1.42 bits per heavy atom. The Balaban J connectivity index is 1.90. The van der Waals surface area contributed by atoms with E-state index < -0.39 is 6.10 Å². The molecule has 1 fully saturated rings. The van der Waals surface area contributed by atoms with Crippen LogP contribution in [0.4, 0.5) is 0 Å². The Morgan fingerprint density at radius 3 is 2.79 bits per heavy atom. The van der Waals surface area contributed by atoms with Gasteiger partial charge in [0.05, 0.1) is 26.4 Å². The smallest absolute Gasteiger partial charge is 0.118 e. The molecule has 0 bridgehead atoms. The number of methoxy groups -OCH3 is 1. The van der Waals surface area contributed by atoms with Gasteiger partial charge in [0.15, 0.2) is 0 Å². The Hall–Kier alpha value is -1.36. The fourth-order valence-electron chi connectivity index (χ4n) is 2.16. The second-order valence-electron chi connectivity index (χ2n) is 4.59. The van der Waals surface area contributed by atoms with Crippen LogP contribution in [0.1, 0.15) is 12.0 Å². The molecule has 1 aromatic rings. The molecule has 0 aliphatic carbocycles. The third-order valence-corrected chi connectivity index (χ3v) is 3.23. The van der Waals surface area contributed by atoms with Crippen LogP contribution in [-0.2, 0) is 16.1 Å². The van der Waals surface area contributed by atoms with Crippen molar-refractivity contribution < 1.29 is 19.3 Å². The number of aliphatic hydroxyl groups excluding tert-OH is 1. The van der Waals surface area contributed by atoms with Gasteiger partial charge in [0.25, 0.3) is 0 Å². The molecule has 0 saturated carbocycles. The summed E-state index contributed by atoms with van der Waals surface area (Å²) >= 11 is 0. The fraction of sp³-hybridized carbons (Fsp3) is 0.467. The van der Waals surface area contributed by atoms with Gasteiger partial charge in [-0.05, 0) is 24.1 Å². The van der Waals surface area contributed by atoms with E-state index in [4.69, 9.17) is 14.2 Å². The Morgan fingerprint density at radius 2 is 2.16 bits per heavy atom. The fourth-order valence-corrected chi connectivity index (χ4v) is 2.16. The largest absolute Gasteiger partial charge is 0.497 e. The molecule has 1 aliphatic rings. The lowest BCUT2D eigenvalue weighted by atomic mass is 10.1. The average molecular weight is 264 g/mol. The van der Waals surface area contributed by atoms with E-state index >= 15 is 0 Å². The van der Waals surface area contributed by atoms with Gasteiger partial charge in [0.2, 0.25) is 0 Å². The van der Waals surface area contributed by atoms with Crippen molar-refractivity contribution in [1.82, 2.24) is 0 Å². The molecule has 4 nitrogen and oxygen atoms in total. The van der Waals surface area contributed by atoms with E-state index in [-0.39, 0.29) is 12.2 Å². The van der Waals surface area contributed by atoms with Crippen molar-refractivity contribution in [3.8, 4) is 5.75 Å². The first kappa shape index (κ1) is 14.1. The van der Waals surface area contributed by atoms with Crippen LogP contribution in [0.2, 0.25) is 0 Å². The van der Waals surface area contributed by atoms with Crippen molar-refractivity contribution in [3.05, 3.63) is 42.5 Å². The molecule has 1 saturated heterocycles. The highest BCUT2D eigenvalue weighted by molar-refractivity contribution is 5.26. The normalized spacial score (nSPS) is 26.3. The van der Waals surface area contributed by atoms with E-state index in [9.17, 15) is 5.11 Å². The molecule has 0 unspecified atom stereocenters. The van der Waals surface area contributed by atoms with Gasteiger partial charge in [-0.1, -0.05) is 18.2 Å². The van der Waals surface area contributed by atoms with Gasteiger partial charge in [0.1, 0.15) is 18.0 Å². The minimum atomic E-state index is -0.566. The van der Waals surface area contributed by atoms with Gasteiger partial charge in [-0.15, -0.1) is 6.58 Å². The number of benzene rings is 1. The Labute approximate surface area is 113 Å². The number of rotatable bonds is 6. The molecule has 1 N–H and O–H groups in total. The summed E-state index contributed by atoms with van der Waals surface area (Å²) in [4.78, 5) is 0. The standard InChI is InChI=1S/C15H20O4/c1-3-4-14-15(13(16)10-18-14)19-9-11-5-7-12(17-2)8-6-11/h3,5-8,13-16H,1,4,9-10H2,2H3/t13-,14+,15+/m1/s1. The van der Waals surface area contributed by atoms with Gasteiger partial charge in [-0.3, -0.25) is 0 Å². The second kappa shape index (κ2) is 6.70. The summed E-state index contributed by atoms with van der Waals surface area (Å²) in [5, 5.41) is 9.84. The summed E-state index contributed by atoms with van der Waals surface area (Å²) in [5.41, 5.74) is 1.04. The predicted octanol–water partition coefficient (Wildman–Crippen LogP) is 1.92. The number of hydrogen-bond donors (Lipinski definition) is 1. The molecular formula is C15H20O4. The van der Waals surface area contributed by atoms with E-state index in [1.165, 1.54) is 0 Å². The zero-order chi connectivity index (χ0) is 13.7. The maximum absolute atomic E-state index is 9.84. The van der Waals surface area contributed by atoms with Crippen molar-refractivity contribution in [2.45, 2.75) is 31.3 Å². The van der Waals surface area contributed by atoms with E-state index in [2.05, 4.69) is 6.58 Å². The van der Waals surface area contributed by atoms with Gasteiger partial charge in [0, 0.05) is 0 Å².